The molecule has 1 aromatic carbocycles. The molecule has 0 unspecified atom stereocenters. The SMILES string of the molecule is CC(=O)/C(=C(/C)O)c1nc2cc(C)cc(C)c2o1. The lowest BCUT2D eigenvalue weighted by molar-refractivity contribution is -0.112. The van der Waals surface area contributed by atoms with E-state index in [1.807, 2.05) is 26.0 Å². The standard InChI is InChI=1S/C14H15NO3/c1-7-5-8(2)13-11(6-7)15-14(18-13)12(9(3)16)10(4)17/h5-6,16H,1-4H3/b12-9+. The summed E-state index contributed by atoms with van der Waals surface area (Å²) in [5.41, 5.74) is 3.51. The lowest BCUT2D eigenvalue weighted by Crippen LogP contribution is -1.99. The average Bonchev–Trinajstić information content (AvgIpc) is 2.59. The second kappa shape index (κ2) is 4.29. The summed E-state index contributed by atoms with van der Waals surface area (Å²) in [6.45, 7) is 6.72. The summed E-state index contributed by atoms with van der Waals surface area (Å²) in [4.78, 5) is 15.8. The number of carbonyl (C=O) groups excluding carboxylic acids is 1. The second-order valence-corrected chi connectivity index (χ2v) is 4.47. The highest BCUT2D eigenvalue weighted by Crippen LogP contribution is 2.26. The van der Waals surface area contributed by atoms with E-state index in [-0.39, 0.29) is 23.0 Å². The zero-order valence-corrected chi connectivity index (χ0v) is 10.9. The highest BCUT2D eigenvalue weighted by atomic mass is 16.4. The van der Waals surface area contributed by atoms with Crippen LogP contribution in [0.5, 0.6) is 0 Å². The predicted octanol–water partition coefficient (Wildman–Crippen LogP) is 3.32. The van der Waals surface area contributed by atoms with Crippen LogP contribution in [0.4, 0.5) is 0 Å². The first-order valence-corrected chi connectivity index (χ1v) is 5.69. The predicted molar refractivity (Wildman–Crippen MR) is 69.4 cm³/mol. The minimum Gasteiger partial charge on any atom is -0.512 e. The summed E-state index contributed by atoms with van der Waals surface area (Å²) >= 11 is 0. The highest BCUT2D eigenvalue weighted by molar-refractivity contribution is 6.19. The molecule has 0 aliphatic heterocycles. The van der Waals surface area contributed by atoms with Crippen molar-refractivity contribution in [3.63, 3.8) is 0 Å². The van der Waals surface area contributed by atoms with Crippen LogP contribution in [-0.2, 0) is 4.79 Å². The number of aryl methyl sites for hydroxylation is 2. The molecule has 2 aromatic rings. The van der Waals surface area contributed by atoms with E-state index in [1.54, 1.807) is 0 Å². The Morgan fingerprint density at radius 2 is 1.94 bits per heavy atom. The smallest absolute Gasteiger partial charge is 0.234 e. The molecule has 94 valence electrons. The van der Waals surface area contributed by atoms with Gasteiger partial charge >= 0.3 is 0 Å². The van der Waals surface area contributed by atoms with Crippen molar-refractivity contribution < 1.29 is 14.3 Å². The fourth-order valence-electron chi connectivity index (χ4n) is 2.04. The Morgan fingerprint density at radius 3 is 2.50 bits per heavy atom. The van der Waals surface area contributed by atoms with E-state index in [0.717, 1.165) is 11.1 Å². The van der Waals surface area contributed by atoms with E-state index in [0.29, 0.717) is 11.1 Å². The van der Waals surface area contributed by atoms with Crippen LogP contribution in [-0.4, -0.2) is 15.9 Å². The van der Waals surface area contributed by atoms with Crippen LogP contribution in [0.1, 0.15) is 30.9 Å². The molecule has 4 nitrogen and oxygen atoms in total. The maximum atomic E-state index is 11.5. The number of aliphatic hydroxyl groups is 1. The topological polar surface area (TPSA) is 63.3 Å². The summed E-state index contributed by atoms with van der Waals surface area (Å²) < 4.78 is 5.59. The van der Waals surface area contributed by atoms with Crippen LogP contribution in [0, 0.1) is 13.8 Å². The number of hydrogen-bond acceptors (Lipinski definition) is 4. The number of rotatable bonds is 2. The van der Waals surface area contributed by atoms with Crippen molar-refractivity contribution in [1.29, 1.82) is 0 Å². The molecule has 0 aliphatic rings. The lowest BCUT2D eigenvalue weighted by atomic mass is 10.1. The molecule has 4 heteroatoms. The molecule has 0 saturated carbocycles. The minimum absolute atomic E-state index is 0.0802. The van der Waals surface area contributed by atoms with Crippen molar-refractivity contribution in [1.82, 2.24) is 4.98 Å². The van der Waals surface area contributed by atoms with Gasteiger partial charge in [-0.2, -0.15) is 0 Å². The van der Waals surface area contributed by atoms with Gasteiger partial charge in [0, 0.05) is 0 Å². The third kappa shape index (κ3) is 2.01. The molecule has 0 fully saturated rings. The highest BCUT2D eigenvalue weighted by Gasteiger charge is 2.18. The van der Waals surface area contributed by atoms with Gasteiger partial charge in [-0.15, -0.1) is 0 Å². The summed E-state index contributed by atoms with van der Waals surface area (Å²) in [5, 5.41) is 9.54. The maximum absolute atomic E-state index is 11.5. The Hall–Kier alpha value is -2.10. The summed E-state index contributed by atoms with van der Waals surface area (Å²) in [6.07, 6.45) is 0. The van der Waals surface area contributed by atoms with Crippen molar-refractivity contribution in [2.24, 2.45) is 0 Å². The molecule has 0 bridgehead atoms. The quantitative estimate of drug-likeness (QED) is 0.651. The van der Waals surface area contributed by atoms with Crippen LogP contribution in [0.2, 0.25) is 0 Å². The maximum Gasteiger partial charge on any atom is 0.234 e. The normalized spacial score (nSPS) is 12.7. The number of Topliss-reactive ketones (excluding diaryl/α,β-unsaturated/α-hetero) is 1. The van der Waals surface area contributed by atoms with Crippen LogP contribution >= 0.6 is 0 Å². The second-order valence-electron chi connectivity index (χ2n) is 4.47. The van der Waals surface area contributed by atoms with Gasteiger partial charge in [0.2, 0.25) is 5.89 Å². The molecule has 0 saturated heterocycles. The zero-order chi connectivity index (χ0) is 13.4. The molecule has 0 spiro atoms. The molecule has 0 radical (unpaired) electrons. The Labute approximate surface area is 105 Å². The average molecular weight is 245 g/mol. The van der Waals surface area contributed by atoms with Crippen LogP contribution < -0.4 is 0 Å². The number of aliphatic hydroxyl groups excluding tert-OH is 1. The molecule has 18 heavy (non-hydrogen) atoms. The first-order valence-electron chi connectivity index (χ1n) is 5.69. The molecule has 1 aromatic heterocycles. The van der Waals surface area contributed by atoms with Crippen molar-refractivity contribution in [2.45, 2.75) is 27.7 Å². The van der Waals surface area contributed by atoms with E-state index < -0.39 is 0 Å². The van der Waals surface area contributed by atoms with E-state index in [4.69, 9.17) is 4.42 Å². The number of aromatic nitrogens is 1. The minimum atomic E-state index is -0.268. The van der Waals surface area contributed by atoms with Crippen molar-refractivity contribution in [3.8, 4) is 0 Å². The number of hydrogen-bond donors (Lipinski definition) is 1. The van der Waals surface area contributed by atoms with Gasteiger partial charge in [-0.3, -0.25) is 4.79 Å². The van der Waals surface area contributed by atoms with Gasteiger partial charge in [-0.05, 0) is 44.9 Å². The molecule has 0 amide bonds. The largest absolute Gasteiger partial charge is 0.512 e. The van der Waals surface area contributed by atoms with Crippen molar-refractivity contribution in [3.05, 3.63) is 34.9 Å². The summed E-state index contributed by atoms with van der Waals surface area (Å²) in [6, 6.07) is 3.88. The van der Waals surface area contributed by atoms with Gasteiger partial charge in [0.25, 0.3) is 0 Å². The van der Waals surface area contributed by atoms with Gasteiger partial charge < -0.3 is 9.52 Å². The molecule has 2 rings (SSSR count). The van der Waals surface area contributed by atoms with E-state index >= 15 is 0 Å². The number of oxazole rings is 1. The number of benzene rings is 1. The third-order valence-corrected chi connectivity index (χ3v) is 2.75. The Bertz CT molecular complexity index is 661. The van der Waals surface area contributed by atoms with E-state index in [2.05, 4.69) is 4.98 Å². The van der Waals surface area contributed by atoms with Crippen LogP contribution in [0.3, 0.4) is 0 Å². The molecule has 1 N–H and O–H groups in total. The molecular weight excluding hydrogens is 230 g/mol. The van der Waals surface area contributed by atoms with Gasteiger partial charge in [0.1, 0.15) is 16.8 Å². The van der Waals surface area contributed by atoms with Crippen LogP contribution in [0.15, 0.2) is 22.3 Å². The zero-order valence-electron chi connectivity index (χ0n) is 10.9. The van der Waals surface area contributed by atoms with Crippen LogP contribution in [0.25, 0.3) is 16.7 Å². The third-order valence-electron chi connectivity index (χ3n) is 2.75. The lowest BCUT2D eigenvalue weighted by Gasteiger charge is -1.98. The van der Waals surface area contributed by atoms with Gasteiger partial charge in [-0.1, -0.05) is 6.07 Å². The first-order chi connectivity index (χ1) is 8.40. The first kappa shape index (κ1) is 12.4. The Balaban J connectivity index is 2.71. The Morgan fingerprint density at radius 1 is 1.28 bits per heavy atom. The van der Waals surface area contributed by atoms with Gasteiger partial charge in [-0.25, -0.2) is 4.98 Å². The number of allylic oxidation sites excluding steroid dienone is 2. The monoisotopic (exact) mass is 245 g/mol. The van der Waals surface area contributed by atoms with Crippen molar-refractivity contribution in [2.75, 3.05) is 0 Å². The fourth-order valence-corrected chi connectivity index (χ4v) is 2.04. The number of ketones is 1. The fraction of sp³-hybridized carbons (Fsp3) is 0.286. The number of fused-ring (bicyclic) bond motifs is 1. The molecule has 1 heterocycles. The molecule has 0 aliphatic carbocycles. The molecule has 0 atom stereocenters. The van der Waals surface area contributed by atoms with Gasteiger partial charge in [0.15, 0.2) is 11.4 Å². The summed E-state index contributed by atoms with van der Waals surface area (Å²) in [7, 11) is 0. The van der Waals surface area contributed by atoms with Gasteiger partial charge in [0.05, 0.1) is 0 Å². The number of carbonyl (C=O) groups is 1. The van der Waals surface area contributed by atoms with E-state index in [1.165, 1.54) is 13.8 Å². The molecular formula is C14H15NO3. The Kier molecular flexibility index (Phi) is 2.95. The summed E-state index contributed by atoms with van der Waals surface area (Å²) in [5.74, 6) is -0.175. The van der Waals surface area contributed by atoms with Crippen molar-refractivity contribution >= 4 is 22.5 Å². The van der Waals surface area contributed by atoms with E-state index in [9.17, 15) is 9.90 Å². The number of nitrogens with zero attached hydrogens (tertiary/aromatic N) is 1.